The number of carbonyl (C=O) groups is 1. The minimum atomic E-state index is -0.274. The first-order valence-electron chi connectivity index (χ1n) is 3.85. The number of hydrogen-bond donors (Lipinski definition) is 1. The molecule has 1 heterocycles. The Kier molecular flexibility index (Phi) is 1.55. The number of amides is 1. The fourth-order valence-electron chi connectivity index (χ4n) is 1.45. The van der Waals surface area contributed by atoms with E-state index in [0.29, 0.717) is 5.56 Å². The highest BCUT2D eigenvalue weighted by Crippen LogP contribution is 2.26. The molecule has 1 aliphatic heterocycles. The van der Waals surface area contributed by atoms with Gasteiger partial charge in [-0.2, -0.15) is 0 Å². The zero-order valence-electron chi connectivity index (χ0n) is 7.06. The SMILES string of the molecule is CN1C(=O)/C(=N\O)c2ccccc21. The van der Waals surface area contributed by atoms with Crippen molar-refractivity contribution in [2.45, 2.75) is 0 Å². The Labute approximate surface area is 75.1 Å². The van der Waals surface area contributed by atoms with Crippen LogP contribution in [0.5, 0.6) is 0 Å². The lowest BCUT2D eigenvalue weighted by atomic mass is 10.1. The molecular weight excluding hydrogens is 168 g/mol. The summed E-state index contributed by atoms with van der Waals surface area (Å²) >= 11 is 0. The zero-order chi connectivity index (χ0) is 9.42. The van der Waals surface area contributed by atoms with Gasteiger partial charge in [-0.15, -0.1) is 0 Å². The van der Waals surface area contributed by atoms with E-state index in [9.17, 15) is 4.79 Å². The first kappa shape index (κ1) is 7.79. The largest absolute Gasteiger partial charge is 0.410 e. The van der Waals surface area contributed by atoms with Gasteiger partial charge in [0.15, 0.2) is 5.71 Å². The van der Waals surface area contributed by atoms with Crippen molar-refractivity contribution in [1.82, 2.24) is 0 Å². The molecule has 0 atom stereocenters. The molecule has 1 amide bonds. The molecule has 0 saturated carbocycles. The van der Waals surface area contributed by atoms with E-state index in [-0.39, 0.29) is 11.6 Å². The molecule has 1 aromatic carbocycles. The number of oxime groups is 1. The fraction of sp³-hybridized carbons (Fsp3) is 0.111. The van der Waals surface area contributed by atoms with Crippen molar-refractivity contribution in [2.75, 3.05) is 11.9 Å². The number of fused-ring (bicyclic) bond motifs is 1. The van der Waals surface area contributed by atoms with E-state index in [1.807, 2.05) is 12.1 Å². The highest BCUT2D eigenvalue weighted by Gasteiger charge is 2.31. The van der Waals surface area contributed by atoms with Crippen LogP contribution >= 0.6 is 0 Å². The summed E-state index contributed by atoms with van der Waals surface area (Å²) in [6.45, 7) is 0. The van der Waals surface area contributed by atoms with Crippen LogP contribution in [0.25, 0.3) is 0 Å². The molecule has 0 fully saturated rings. The van der Waals surface area contributed by atoms with E-state index < -0.39 is 0 Å². The Hall–Kier alpha value is -1.84. The van der Waals surface area contributed by atoms with E-state index in [1.54, 1.807) is 19.2 Å². The van der Waals surface area contributed by atoms with E-state index in [1.165, 1.54) is 4.90 Å². The summed E-state index contributed by atoms with van der Waals surface area (Å²) in [7, 11) is 1.65. The number of nitrogens with zero attached hydrogens (tertiary/aromatic N) is 2. The number of anilines is 1. The van der Waals surface area contributed by atoms with Crippen molar-refractivity contribution in [3.8, 4) is 0 Å². The van der Waals surface area contributed by atoms with Crippen LogP contribution in [-0.2, 0) is 4.79 Å². The van der Waals surface area contributed by atoms with Crippen LogP contribution in [0.2, 0.25) is 0 Å². The summed E-state index contributed by atoms with van der Waals surface area (Å²) in [5, 5.41) is 11.6. The Balaban J connectivity index is 2.67. The minimum absolute atomic E-state index is 0.109. The van der Waals surface area contributed by atoms with Gasteiger partial charge in [0.25, 0.3) is 5.91 Å². The highest BCUT2D eigenvalue weighted by molar-refractivity contribution is 6.54. The van der Waals surface area contributed by atoms with E-state index >= 15 is 0 Å². The molecule has 13 heavy (non-hydrogen) atoms. The second kappa shape index (κ2) is 2.58. The molecule has 0 aromatic heterocycles. The molecule has 0 bridgehead atoms. The highest BCUT2D eigenvalue weighted by atomic mass is 16.4. The average molecular weight is 176 g/mol. The monoisotopic (exact) mass is 176 g/mol. The van der Waals surface area contributed by atoms with Crippen LogP contribution in [0, 0.1) is 0 Å². The van der Waals surface area contributed by atoms with Crippen LogP contribution in [0.1, 0.15) is 5.56 Å². The van der Waals surface area contributed by atoms with Crippen LogP contribution in [-0.4, -0.2) is 23.9 Å². The predicted molar refractivity (Wildman–Crippen MR) is 48.2 cm³/mol. The molecule has 66 valence electrons. The average Bonchev–Trinajstić information content (AvgIpc) is 2.41. The third-order valence-electron chi connectivity index (χ3n) is 2.13. The summed E-state index contributed by atoms with van der Waals surface area (Å²) in [6, 6.07) is 7.20. The maximum absolute atomic E-state index is 11.4. The first-order chi connectivity index (χ1) is 6.25. The molecular formula is C9H8N2O2. The summed E-state index contributed by atoms with van der Waals surface area (Å²) in [5.74, 6) is -0.274. The molecule has 4 heteroatoms. The maximum atomic E-state index is 11.4. The van der Waals surface area contributed by atoms with Gasteiger partial charge in [0, 0.05) is 12.6 Å². The van der Waals surface area contributed by atoms with Gasteiger partial charge in [0.2, 0.25) is 0 Å². The second-order valence-electron chi connectivity index (χ2n) is 2.83. The third kappa shape index (κ3) is 0.917. The lowest BCUT2D eigenvalue weighted by Gasteiger charge is -2.07. The van der Waals surface area contributed by atoms with E-state index in [4.69, 9.17) is 5.21 Å². The molecule has 0 unspecified atom stereocenters. The predicted octanol–water partition coefficient (Wildman–Crippen LogP) is 0.841. The number of hydrogen-bond acceptors (Lipinski definition) is 3. The molecule has 0 saturated heterocycles. The molecule has 2 rings (SSSR count). The van der Waals surface area contributed by atoms with Crippen LogP contribution in [0.3, 0.4) is 0 Å². The lowest BCUT2D eigenvalue weighted by molar-refractivity contribution is -0.112. The Bertz CT molecular complexity index is 398. The molecule has 0 aliphatic carbocycles. The molecule has 0 spiro atoms. The van der Waals surface area contributed by atoms with Crippen molar-refractivity contribution < 1.29 is 10.0 Å². The Morgan fingerprint density at radius 3 is 2.77 bits per heavy atom. The maximum Gasteiger partial charge on any atom is 0.280 e. The van der Waals surface area contributed by atoms with E-state index in [0.717, 1.165) is 5.69 Å². The van der Waals surface area contributed by atoms with Crippen molar-refractivity contribution in [3.05, 3.63) is 29.8 Å². The second-order valence-corrected chi connectivity index (χ2v) is 2.83. The quantitative estimate of drug-likeness (QED) is 0.470. The summed E-state index contributed by atoms with van der Waals surface area (Å²) in [4.78, 5) is 12.9. The van der Waals surface area contributed by atoms with Gasteiger partial charge in [0.05, 0.1) is 5.69 Å². The van der Waals surface area contributed by atoms with Crippen molar-refractivity contribution in [1.29, 1.82) is 0 Å². The van der Waals surface area contributed by atoms with Crippen LogP contribution < -0.4 is 4.90 Å². The molecule has 0 radical (unpaired) electrons. The van der Waals surface area contributed by atoms with Crippen LogP contribution in [0.15, 0.2) is 29.4 Å². The van der Waals surface area contributed by atoms with Gasteiger partial charge in [-0.1, -0.05) is 23.4 Å². The molecule has 1 aliphatic rings. The number of carbonyl (C=O) groups excluding carboxylic acids is 1. The van der Waals surface area contributed by atoms with Crippen molar-refractivity contribution in [2.24, 2.45) is 5.16 Å². The smallest absolute Gasteiger partial charge is 0.280 e. The van der Waals surface area contributed by atoms with Gasteiger partial charge in [-0.3, -0.25) is 4.79 Å². The standard InChI is InChI=1S/C9H8N2O2/c1-11-7-5-3-2-4-6(7)8(10-13)9(11)12/h2-5,13H,1H3/b10-8-. The van der Waals surface area contributed by atoms with Crippen molar-refractivity contribution in [3.63, 3.8) is 0 Å². The third-order valence-corrected chi connectivity index (χ3v) is 2.13. The topological polar surface area (TPSA) is 52.9 Å². The Morgan fingerprint density at radius 1 is 1.38 bits per heavy atom. The normalized spacial score (nSPS) is 18.1. The van der Waals surface area contributed by atoms with E-state index in [2.05, 4.69) is 5.16 Å². The first-order valence-corrected chi connectivity index (χ1v) is 3.85. The molecule has 1 N–H and O–H groups in total. The lowest BCUT2D eigenvalue weighted by Crippen LogP contribution is -2.25. The minimum Gasteiger partial charge on any atom is -0.410 e. The summed E-state index contributed by atoms with van der Waals surface area (Å²) in [6.07, 6.45) is 0. The number of para-hydroxylation sites is 1. The number of likely N-dealkylation sites (N-methyl/N-ethyl adjacent to an activating group) is 1. The van der Waals surface area contributed by atoms with Gasteiger partial charge < -0.3 is 10.1 Å². The molecule has 4 nitrogen and oxygen atoms in total. The number of rotatable bonds is 0. The van der Waals surface area contributed by atoms with Gasteiger partial charge in [-0.05, 0) is 6.07 Å². The number of benzene rings is 1. The van der Waals surface area contributed by atoms with Gasteiger partial charge in [0.1, 0.15) is 0 Å². The van der Waals surface area contributed by atoms with Gasteiger partial charge in [-0.25, -0.2) is 0 Å². The zero-order valence-corrected chi connectivity index (χ0v) is 7.06. The van der Waals surface area contributed by atoms with Crippen molar-refractivity contribution >= 4 is 17.3 Å². The summed E-state index contributed by atoms with van der Waals surface area (Å²) < 4.78 is 0. The summed E-state index contributed by atoms with van der Waals surface area (Å²) in [5.41, 5.74) is 1.57. The van der Waals surface area contributed by atoms with Crippen LogP contribution in [0.4, 0.5) is 5.69 Å². The molecule has 1 aromatic rings. The Morgan fingerprint density at radius 2 is 2.08 bits per heavy atom. The van der Waals surface area contributed by atoms with Gasteiger partial charge >= 0.3 is 0 Å². The fourth-order valence-corrected chi connectivity index (χ4v) is 1.45.